The number of rotatable bonds is 2. The summed E-state index contributed by atoms with van der Waals surface area (Å²) in [5.41, 5.74) is -0.224. The Morgan fingerprint density at radius 1 is 1.25 bits per heavy atom. The van der Waals surface area contributed by atoms with Crippen LogP contribution in [0.3, 0.4) is 0 Å². The van der Waals surface area contributed by atoms with Gasteiger partial charge < -0.3 is 9.80 Å². The number of hydrogen-bond acceptors (Lipinski definition) is 4. The number of carbonyl (C=O) groups is 1. The Labute approximate surface area is 122 Å². The third kappa shape index (κ3) is 2.36. The van der Waals surface area contributed by atoms with Gasteiger partial charge in [0, 0.05) is 32.2 Å². The maximum Gasteiger partial charge on any atom is 0.244 e. The third-order valence-corrected chi connectivity index (χ3v) is 5.47. The highest BCUT2D eigenvalue weighted by molar-refractivity contribution is 5.89. The van der Waals surface area contributed by atoms with E-state index >= 15 is 0 Å². The summed E-state index contributed by atoms with van der Waals surface area (Å²) in [5, 5.41) is 3.59. The van der Waals surface area contributed by atoms with Crippen LogP contribution >= 0.6 is 0 Å². The number of carbonyl (C=O) groups excluding carboxylic acids is 1. The third-order valence-electron chi connectivity index (χ3n) is 5.47. The predicted molar refractivity (Wildman–Crippen MR) is 79.4 cm³/mol. The van der Waals surface area contributed by atoms with E-state index < -0.39 is 0 Å². The van der Waals surface area contributed by atoms with E-state index in [9.17, 15) is 4.79 Å². The normalized spacial score (nSPS) is 35.4. The van der Waals surface area contributed by atoms with E-state index in [2.05, 4.69) is 41.0 Å². The second-order valence-electron chi connectivity index (χ2n) is 6.96. The molecule has 0 bridgehead atoms. The van der Waals surface area contributed by atoms with Gasteiger partial charge in [-0.25, -0.2) is 0 Å². The van der Waals surface area contributed by atoms with Gasteiger partial charge in [0.2, 0.25) is 5.91 Å². The summed E-state index contributed by atoms with van der Waals surface area (Å²) in [6, 6.07) is 0.457. The van der Waals surface area contributed by atoms with Crippen LogP contribution in [0.5, 0.6) is 0 Å². The van der Waals surface area contributed by atoms with E-state index in [1.165, 1.54) is 12.8 Å². The second kappa shape index (κ2) is 5.28. The monoisotopic (exact) mass is 280 g/mol. The van der Waals surface area contributed by atoms with Crippen LogP contribution in [0.25, 0.3) is 0 Å². The van der Waals surface area contributed by atoms with Crippen LogP contribution in [-0.2, 0) is 4.79 Å². The molecule has 0 aromatic heterocycles. The molecule has 0 radical (unpaired) electrons. The fourth-order valence-corrected chi connectivity index (χ4v) is 4.09. The molecule has 0 aromatic carbocycles. The summed E-state index contributed by atoms with van der Waals surface area (Å²) < 4.78 is 0. The Balaban J connectivity index is 1.69. The molecule has 114 valence electrons. The predicted octanol–water partition coefficient (Wildman–Crippen LogP) is 0.323. The van der Waals surface area contributed by atoms with Crippen molar-refractivity contribution in [3.05, 3.63) is 0 Å². The van der Waals surface area contributed by atoms with Crippen molar-refractivity contribution in [3.63, 3.8) is 0 Å². The van der Waals surface area contributed by atoms with Crippen molar-refractivity contribution < 1.29 is 4.79 Å². The topological polar surface area (TPSA) is 38.8 Å². The van der Waals surface area contributed by atoms with Crippen LogP contribution < -0.4 is 5.32 Å². The molecule has 1 amide bonds. The lowest BCUT2D eigenvalue weighted by atomic mass is 9.98. The highest BCUT2D eigenvalue weighted by Gasteiger charge is 2.51. The highest BCUT2D eigenvalue weighted by atomic mass is 16.2. The lowest BCUT2D eigenvalue weighted by Crippen LogP contribution is -2.56. The average Bonchev–Trinajstić information content (AvgIpc) is 2.96. The molecule has 3 fully saturated rings. The van der Waals surface area contributed by atoms with E-state index in [4.69, 9.17) is 0 Å². The molecular formula is C15H28N4O. The van der Waals surface area contributed by atoms with Crippen LogP contribution in [-0.4, -0.2) is 78.6 Å². The van der Waals surface area contributed by atoms with Gasteiger partial charge in [0.1, 0.15) is 0 Å². The second-order valence-corrected chi connectivity index (χ2v) is 6.96. The Morgan fingerprint density at radius 2 is 1.95 bits per heavy atom. The molecule has 5 heteroatoms. The molecular weight excluding hydrogens is 252 g/mol. The van der Waals surface area contributed by atoms with Gasteiger partial charge in [-0.05, 0) is 33.9 Å². The van der Waals surface area contributed by atoms with Crippen LogP contribution in [0.15, 0.2) is 0 Å². The number of hydrogen-bond donors (Lipinski definition) is 1. The van der Waals surface area contributed by atoms with Crippen LogP contribution in [0.4, 0.5) is 0 Å². The minimum Gasteiger partial charge on any atom is -0.324 e. The van der Waals surface area contributed by atoms with Gasteiger partial charge >= 0.3 is 0 Å². The fraction of sp³-hybridized carbons (Fsp3) is 0.933. The van der Waals surface area contributed by atoms with Gasteiger partial charge in [-0.2, -0.15) is 0 Å². The molecule has 3 rings (SSSR count). The summed E-state index contributed by atoms with van der Waals surface area (Å²) in [7, 11) is 4.35. The first kappa shape index (κ1) is 14.3. The average molecular weight is 280 g/mol. The number of nitrogens with one attached hydrogen (secondary N) is 1. The number of likely N-dealkylation sites (N-methyl/N-ethyl adjacent to an activating group) is 2. The van der Waals surface area contributed by atoms with Gasteiger partial charge in [-0.3, -0.25) is 15.0 Å². The Bertz CT molecular complexity index is 380. The zero-order valence-corrected chi connectivity index (χ0v) is 13.1. The molecule has 1 spiro atoms. The molecule has 2 atom stereocenters. The summed E-state index contributed by atoms with van der Waals surface area (Å²) in [5.74, 6) is 0.351. The van der Waals surface area contributed by atoms with Crippen molar-refractivity contribution in [2.45, 2.75) is 50.4 Å². The molecule has 2 heterocycles. The van der Waals surface area contributed by atoms with Crippen molar-refractivity contribution in [2.24, 2.45) is 0 Å². The summed E-state index contributed by atoms with van der Waals surface area (Å²) in [6.07, 6.45) is 4.60. The van der Waals surface area contributed by atoms with Crippen molar-refractivity contribution in [3.8, 4) is 0 Å². The Hall–Kier alpha value is -0.650. The Kier molecular flexibility index (Phi) is 3.77. The molecule has 2 saturated heterocycles. The Morgan fingerprint density at radius 3 is 2.65 bits per heavy atom. The lowest BCUT2D eigenvalue weighted by molar-refractivity contribution is -0.134. The first-order valence-corrected chi connectivity index (χ1v) is 7.99. The van der Waals surface area contributed by atoms with E-state index in [0.717, 1.165) is 39.0 Å². The minimum absolute atomic E-state index is 0.182. The van der Waals surface area contributed by atoms with E-state index in [-0.39, 0.29) is 11.7 Å². The maximum atomic E-state index is 12.8. The molecule has 3 aliphatic rings. The minimum atomic E-state index is -0.224. The molecule has 0 aromatic rings. The zero-order chi connectivity index (χ0) is 14.3. The van der Waals surface area contributed by atoms with Gasteiger partial charge in [0.25, 0.3) is 0 Å². The molecule has 5 nitrogen and oxygen atoms in total. The van der Waals surface area contributed by atoms with E-state index in [1.54, 1.807) is 0 Å². The van der Waals surface area contributed by atoms with Gasteiger partial charge in [-0.1, -0.05) is 12.8 Å². The summed E-state index contributed by atoms with van der Waals surface area (Å²) in [6.45, 7) is 6.27. The molecule has 1 saturated carbocycles. The molecule has 20 heavy (non-hydrogen) atoms. The van der Waals surface area contributed by atoms with Crippen LogP contribution in [0.2, 0.25) is 0 Å². The zero-order valence-electron chi connectivity index (χ0n) is 13.1. The van der Waals surface area contributed by atoms with Crippen LogP contribution in [0, 0.1) is 0 Å². The van der Waals surface area contributed by atoms with Gasteiger partial charge in [0.15, 0.2) is 0 Å². The fourth-order valence-electron chi connectivity index (χ4n) is 4.09. The first-order chi connectivity index (χ1) is 9.52. The van der Waals surface area contributed by atoms with Crippen molar-refractivity contribution in [1.29, 1.82) is 0 Å². The smallest absolute Gasteiger partial charge is 0.244 e. The summed E-state index contributed by atoms with van der Waals surface area (Å²) in [4.78, 5) is 19.7. The highest BCUT2D eigenvalue weighted by Crippen LogP contribution is 2.36. The largest absolute Gasteiger partial charge is 0.324 e. The van der Waals surface area contributed by atoms with Crippen LogP contribution in [0.1, 0.15) is 32.6 Å². The molecule has 1 aliphatic carbocycles. The van der Waals surface area contributed by atoms with Gasteiger partial charge in [-0.15, -0.1) is 0 Å². The quantitative estimate of drug-likeness (QED) is 0.791. The maximum absolute atomic E-state index is 12.8. The van der Waals surface area contributed by atoms with Crippen molar-refractivity contribution >= 4 is 5.91 Å². The number of piperazine rings is 1. The standard InChI is InChI=1S/C15H28N4O/c1-12-16-15(6-4-5-7-15)14(20)19(12)11-13-10-17(2)8-9-18(13)3/h12-13,16H,4-11H2,1-3H3. The van der Waals surface area contributed by atoms with E-state index in [1.807, 2.05) is 0 Å². The van der Waals surface area contributed by atoms with E-state index in [0.29, 0.717) is 11.9 Å². The number of amides is 1. The first-order valence-electron chi connectivity index (χ1n) is 7.99. The molecule has 1 N–H and O–H groups in total. The number of nitrogens with zero attached hydrogens (tertiary/aromatic N) is 3. The van der Waals surface area contributed by atoms with Crippen molar-refractivity contribution in [2.75, 3.05) is 40.3 Å². The van der Waals surface area contributed by atoms with Gasteiger partial charge in [0.05, 0.1) is 11.7 Å². The SMILES string of the molecule is CC1NC2(CCCC2)C(=O)N1CC1CN(C)CCN1C. The molecule has 2 aliphatic heterocycles. The van der Waals surface area contributed by atoms with Crippen molar-refractivity contribution in [1.82, 2.24) is 20.0 Å². The lowest BCUT2D eigenvalue weighted by Gasteiger charge is -2.40. The molecule has 2 unspecified atom stereocenters. The summed E-state index contributed by atoms with van der Waals surface area (Å²) >= 11 is 0.